The molecule has 330 valence electrons. The Labute approximate surface area is 344 Å². The molecular weight excluding hydrogens is 703 g/mol. The fraction of sp³-hybridized carbons (Fsp3) is 0.872. The number of rotatable bonds is 39. The smallest absolute Gasteiger partial charge is 0.290 e. The number of hydrogen-bond donors (Lipinski definition) is 4. The summed E-state index contributed by atoms with van der Waals surface area (Å²) in [6.45, 7) is 13.0. The van der Waals surface area contributed by atoms with E-state index in [1.54, 1.807) is 7.05 Å². The first-order valence-electron chi connectivity index (χ1n) is 23.5. The maximum Gasteiger partial charge on any atom is 0.290 e. The number of nitrogens with one attached hydrogen (secondary N) is 2. The number of anilines is 2. The lowest BCUT2D eigenvalue weighted by molar-refractivity contribution is -0.123. The van der Waals surface area contributed by atoms with E-state index in [1.807, 2.05) is 0 Å². The van der Waals surface area contributed by atoms with Gasteiger partial charge in [0.05, 0.1) is 0 Å². The van der Waals surface area contributed by atoms with Gasteiger partial charge in [0, 0.05) is 13.6 Å². The van der Waals surface area contributed by atoms with Gasteiger partial charge < -0.3 is 25.7 Å². The zero-order valence-corrected chi connectivity index (χ0v) is 37.3. The minimum absolute atomic E-state index is 0.250. The Balaban J connectivity index is 0. The molecule has 0 spiro atoms. The van der Waals surface area contributed by atoms with E-state index in [9.17, 15) is 9.59 Å². The summed E-state index contributed by atoms with van der Waals surface area (Å²) in [6.07, 6.45) is 41.6. The normalized spacial score (nSPS) is 11.1. The van der Waals surface area contributed by atoms with Crippen LogP contribution in [0.3, 0.4) is 0 Å². The van der Waals surface area contributed by atoms with Gasteiger partial charge in [0.1, 0.15) is 11.4 Å². The summed E-state index contributed by atoms with van der Waals surface area (Å²) in [6, 6.07) is 0. The van der Waals surface area contributed by atoms with Crippen LogP contribution in [0, 0.1) is 11.8 Å². The summed E-state index contributed by atoms with van der Waals surface area (Å²) >= 11 is 0. The summed E-state index contributed by atoms with van der Waals surface area (Å²) in [5, 5.41) is 19.9. The molecule has 56 heavy (non-hydrogen) atoms. The Morgan fingerprint density at radius 3 is 1.14 bits per heavy atom. The van der Waals surface area contributed by atoms with Crippen LogP contribution < -0.4 is 21.5 Å². The summed E-state index contributed by atoms with van der Waals surface area (Å²) in [4.78, 5) is 43.1. The third kappa shape index (κ3) is 32.6. The minimum atomic E-state index is -0.390. The van der Waals surface area contributed by atoms with Crippen LogP contribution >= 0.6 is 0 Å². The van der Waals surface area contributed by atoms with Crippen molar-refractivity contribution in [3.8, 4) is 0 Å². The third-order valence-electron chi connectivity index (χ3n) is 11.4. The van der Waals surface area contributed by atoms with E-state index in [0.29, 0.717) is 11.4 Å². The quantitative estimate of drug-likeness (QED) is 0.0292. The van der Waals surface area contributed by atoms with E-state index in [2.05, 4.69) is 43.2 Å². The van der Waals surface area contributed by atoms with Crippen LogP contribution in [0.5, 0.6) is 0 Å². The molecule has 9 nitrogen and oxygen atoms in total. The van der Waals surface area contributed by atoms with Gasteiger partial charge in [-0.3, -0.25) is 19.2 Å². The molecule has 0 aliphatic carbocycles. The van der Waals surface area contributed by atoms with Gasteiger partial charge in [-0.15, -0.1) is 0 Å². The van der Waals surface area contributed by atoms with Crippen molar-refractivity contribution in [2.45, 2.75) is 220 Å². The molecule has 0 heterocycles. The van der Waals surface area contributed by atoms with Crippen LogP contribution in [-0.4, -0.2) is 61.3 Å². The maximum atomic E-state index is 11.9. The third-order valence-corrected chi connectivity index (χ3v) is 11.4. The van der Waals surface area contributed by atoms with Crippen LogP contribution in [0.1, 0.15) is 220 Å². The van der Waals surface area contributed by atoms with Crippen molar-refractivity contribution in [1.82, 2.24) is 4.90 Å². The first-order valence-corrected chi connectivity index (χ1v) is 23.5. The number of unbranched alkanes of at least 4 members (excludes halogenated alkanes) is 17. The van der Waals surface area contributed by atoms with Crippen LogP contribution in [-0.2, 0) is 9.59 Å². The first-order chi connectivity index (χ1) is 27.3. The standard InChI is InChI=1S/C45H87N3O2.2CH2O2/c1-6-10-23-32-41(33-24-11-7-2)35-26-20-16-18-22-28-38-48(39-29-36-47-43-42(46-5)44(49)45(43)50)37-27-21-17-14-15-19-25-34-40(30-12-8-3)31-13-9-4;2*2-1-3/h40-41,46-47H,6-39H2,1-5H3;2*1H,(H,2,3). The van der Waals surface area contributed by atoms with Gasteiger partial charge in [0.25, 0.3) is 23.8 Å². The van der Waals surface area contributed by atoms with Gasteiger partial charge in [-0.25, -0.2) is 0 Å². The number of hydrogen-bond acceptors (Lipinski definition) is 7. The molecule has 0 bridgehead atoms. The van der Waals surface area contributed by atoms with E-state index in [1.165, 1.54) is 199 Å². The summed E-state index contributed by atoms with van der Waals surface area (Å²) in [5.41, 5.74) is 0.166. The van der Waals surface area contributed by atoms with Crippen LogP contribution in [0.2, 0.25) is 0 Å². The molecular formula is C47H91N3O6. The molecule has 0 aliphatic heterocycles. The van der Waals surface area contributed by atoms with Crippen molar-refractivity contribution in [3.63, 3.8) is 0 Å². The van der Waals surface area contributed by atoms with E-state index in [-0.39, 0.29) is 18.4 Å². The Morgan fingerprint density at radius 2 is 0.768 bits per heavy atom. The molecule has 0 amide bonds. The van der Waals surface area contributed by atoms with Crippen molar-refractivity contribution in [1.29, 1.82) is 0 Å². The molecule has 0 saturated carbocycles. The van der Waals surface area contributed by atoms with Crippen molar-refractivity contribution < 1.29 is 19.8 Å². The molecule has 0 aromatic heterocycles. The average molecular weight is 794 g/mol. The van der Waals surface area contributed by atoms with Gasteiger partial charge >= 0.3 is 0 Å². The first kappa shape index (κ1) is 55.7. The summed E-state index contributed by atoms with van der Waals surface area (Å²) < 4.78 is 0. The van der Waals surface area contributed by atoms with Gasteiger partial charge in [0.15, 0.2) is 0 Å². The predicted molar refractivity (Wildman–Crippen MR) is 241 cm³/mol. The Bertz CT molecular complexity index is 1020. The Hall–Kier alpha value is -2.42. The fourth-order valence-electron chi connectivity index (χ4n) is 8.00. The van der Waals surface area contributed by atoms with E-state index in [0.717, 1.165) is 31.3 Å². The molecule has 9 heteroatoms. The molecule has 0 saturated heterocycles. The minimum Gasteiger partial charge on any atom is -0.483 e. The highest BCUT2D eigenvalue weighted by atomic mass is 16.3. The Morgan fingerprint density at radius 1 is 0.464 bits per heavy atom. The lowest BCUT2D eigenvalue weighted by atomic mass is 9.90. The van der Waals surface area contributed by atoms with Crippen LogP contribution in [0.4, 0.5) is 11.4 Å². The van der Waals surface area contributed by atoms with E-state index >= 15 is 0 Å². The van der Waals surface area contributed by atoms with E-state index < -0.39 is 5.43 Å². The van der Waals surface area contributed by atoms with Crippen molar-refractivity contribution >= 4 is 24.3 Å². The van der Waals surface area contributed by atoms with Crippen LogP contribution in [0.25, 0.3) is 0 Å². The maximum absolute atomic E-state index is 11.9. The second-order valence-electron chi connectivity index (χ2n) is 16.2. The molecule has 1 rings (SSSR count). The lowest BCUT2D eigenvalue weighted by Gasteiger charge is -2.23. The zero-order chi connectivity index (χ0) is 41.9. The van der Waals surface area contributed by atoms with Crippen LogP contribution in [0.15, 0.2) is 9.59 Å². The summed E-state index contributed by atoms with van der Waals surface area (Å²) in [7, 11) is 1.71. The fourth-order valence-corrected chi connectivity index (χ4v) is 8.00. The molecule has 1 aromatic carbocycles. The van der Waals surface area contributed by atoms with Gasteiger partial charge in [-0.1, -0.05) is 201 Å². The SMILES string of the molecule is CCCCCC(CCCCC)CCCCCCCCN(CCCCCCCCCC(CCCC)CCCC)CCCNc1c(NC)c(=O)c1=O.O=CO.O=CO. The van der Waals surface area contributed by atoms with Crippen molar-refractivity contribution in [2.75, 3.05) is 43.9 Å². The number of carboxylic acid groups (broad SMARTS) is 2. The molecule has 1 aromatic rings. The second kappa shape index (κ2) is 43.7. The zero-order valence-electron chi connectivity index (χ0n) is 37.3. The number of carbonyl (C=O) groups is 2. The summed E-state index contributed by atoms with van der Waals surface area (Å²) in [5.74, 6) is 1.96. The molecule has 0 atom stereocenters. The Kier molecular flexibility index (Phi) is 43.4. The van der Waals surface area contributed by atoms with Crippen molar-refractivity contribution in [3.05, 3.63) is 20.4 Å². The topological polar surface area (TPSA) is 136 Å². The molecule has 4 N–H and O–H groups in total. The number of nitrogens with zero attached hydrogens (tertiary/aromatic N) is 1. The van der Waals surface area contributed by atoms with Gasteiger partial charge in [-0.05, 0) is 50.7 Å². The molecule has 0 radical (unpaired) electrons. The molecule has 0 unspecified atom stereocenters. The average Bonchev–Trinajstić information content (AvgIpc) is 3.19. The highest BCUT2D eigenvalue weighted by Crippen LogP contribution is 2.25. The lowest BCUT2D eigenvalue weighted by Crippen LogP contribution is -2.37. The highest BCUT2D eigenvalue weighted by Gasteiger charge is 2.19. The highest BCUT2D eigenvalue weighted by molar-refractivity contribution is 5.73. The second-order valence-corrected chi connectivity index (χ2v) is 16.2. The predicted octanol–water partition coefficient (Wildman–Crippen LogP) is 12.5. The largest absolute Gasteiger partial charge is 0.483 e. The molecule has 0 fully saturated rings. The van der Waals surface area contributed by atoms with Gasteiger partial charge in [-0.2, -0.15) is 0 Å². The molecule has 0 aliphatic rings. The van der Waals surface area contributed by atoms with Crippen molar-refractivity contribution in [2.24, 2.45) is 11.8 Å². The monoisotopic (exact) mass is 794 g/mol. The van der Waals surface area contributed by atoms with Gasteiger partial charge in [0.2, 0.25) is 0 Å². The van der Waals surface area contributed by atoms with E-state index in [4.69, 9.17) is 19.8 Å².